The average molecular weight is 277 g/mol. The number of halogens is 1. The predicted octanol–water partition coefficient (Wildman–Crippen LogP) is 0.852. The highest BCUT2D eigenvalue weighted by atomic mass is 79.9. The SMILES string of the molecule is CCCN1CCN(CCCBr)C(=O)C1=O. The number of carbonyl (C=O) groups excluding carboxylic acids is 2. The van der Waals surface area contributed by atoms with Gasteiger partial charge < -0.3 is 9.80 Å². The van der Waals surface area contributed by atoms with Crippen molar-refractivity contribution >= 4 is 27.7 Å². The van der Waals surface area contributed by atoms with Crippen molar-refractivity contribution in [1.29, 1.82) is 0 Å². The number of nitrogens with zero attached hydrogens (tertiary/aromatic N) is 2. The van der Waals surface area contributed by atoms with Crippen molar-refractivity contribution in [3.05, 3.63) is 0 Å². The van der Waals surface area contributed by atoms with E-state index in [1.54, 1.807) is 9.80 Å². The van der Waals surface area contributed by atoms with Crippen LogP contribution in [0.3, 0.4) is 0 Å². The van der Waals surface area contributed by atoms with Gasteiger partial charge in [0.25, 0.3) is 0 Å². The number of rotatable bonds is 5. The lowest BCUT2D eigenvalue weighted by atomic mass is 10.2. The molecular weight excluding hydrogens is 260 g/mol. The van der Waals surface area contributed by atoms with Crippen LogP contribution >= 0.6 is 15.9 Å². The number of hydrogen-bond acceptors (Lipinski definition) is 2. The molecule has 1 fully saturated rings. The highest BCUT2D eigenvalue weighted by Crippen LogP contribution is 2.06. The van der Waals surface area contributed by atoms with Crippen LogP contribution in [0.5, 0.6) is 0 Å². The van der Waals surface area contributed by atoms with E-state index in [9.17, 15) is 9.59 Å². The topological polar surface area (TPSA) is 40.6 Å². The Morgan fingerprint density at radius 3 is 2.13 bits per heavy atom. The normalized spacial score (nSPS) is 17.5. The monoisotopic (exact) mass is 276 g/mol. The van der Waals surface area contributed by atoms with Crippen LogP contribution in [0.1, 0.15) is 19.8 Å². The number of amides is 2. The summed E-state index contributed by atoms with van der Waals surface area (Å²) in [4.78, 5) is 26.5. The van der Waals surface area contributed by atoms with Crippen LogP contribution in [0.4, 0.5) is 0 Å². The summed E-state index contributed by atoms with van der Waals surface area (Å²) in [6, 6.07) is 0. The van der Waals surface area contributed by atoms with Gasteiger partial charge in [-0.1, -0.05) is 22.9 Å². The predicted molar refractivity (Wildman–Crippen MR) is 61.9 cm³/mol. The molecule has 1 rings (SSSR count). The van der Waals surface area contributed by atoms with Crippen molar-refractivity contribution < 1.29 is 9.59 Å². The molecule has 0 aliphatic carbocycles. The van der Waals surface area contributed by atoms with Gasteiger partial charge >= 0.3 is 11.8 Å². The lowest BCUT2D eigenvalue weighted by molar-refractivity contribution is -0.156. The molecule has 0 aromatic carbocycles. The van der Waals surface area contributed by atoms with Crippen LogP contribution in [0.15, 0.2) is 0 Å². The van der Waals surface area contributed by atoms with Gasteiger partial charge in [-0.2, -0.15) is 0 Å². The summed E-state index contributed by atoms with van der Waals surface area (Å²) in [5, 5.41) is 0.865. The molecule has 1 aliphatic rings. The van der Waals surface area contributed by atoms with Crippen LogP contribution in [0.25, 0.3) is 0 Å². The Morgan fingerprint density at radius 2 is 1.67 bits per heavy atom. The molecule has 1 aliphatic heterocycles. The third kappa shape index (κ3) is 3.19. The molecule has 5 heteroatoms. The first-order chi connectivity index (χ1) is 7.20. The molecule has 2 amide bonds. The average Bonchev–Trinajstić information content (AvgIpc) is 2.24. The maximum absolute atomic E-state index is 11.6. The zero-order valence-corrected chi connectivity index (χ0v) is 10.6. The standard InChI is InChI=1S/C10H17BrN2O2/c1-2-5-12-7-8-13(6-3-4-11)10(15)9(12)14/h2-8H2,1H3. The summed E-state index contributed by atoms with van der Waals surface area (Å²) in [6.45, 7) is 4.74. The molecule has 0 aromatic heterocycles. The minimum absolute atomic E-state index is 0.335. The van der Waals surface area contributed by atoms with Crippen molar-refractivity contribution in [2.75, 3.05) is 31.5 Å². The quantitative estimate of drug-likeness (QED) is 0.552. The van der Waals surface area contributed by atoms with Crippen LogP contribution in [-0.4, -0.2) is 53.1 Å². The molecule has 15 heavy (non-hydrogen) atoms. The molecule has 0 radical (unpaired) electrons. The molecule has 0 atom stereocenters. The van der Waals surface area contributed by atoms with Crippen molar-refractivity contribution in [2.24, 2.45) is 0 Å². The molecule has 86 valence electrons. The first-order valence-corrected chi connectivity index (χ1v) is 6.47. The molecule has 4 nitrogen and oxygen atoms in total. The summed E-state index contributed by atoms with van der Waals surface area (Å²) in [5.41, 5.74) is 0. The van der Waals surface area contributed by atoms with Crippen molar-refractivity contribution in [2.45, 2.75) is 19.8 Å². The van der Waals surface area contributed by atoms with Crippen LogP contribution in [0.2, 0.25) is 0 Å². The number of carbonyl (C=O) groups is 2. The molecule has 0 aromatic rings. The van der Waals surface area contributed by atoms with E-state index in [1.807, 2.05) is 6.92 Å². The molecular formula is C10H17BrN2O2. The van der Waals surface area contributed by atoms with Crippen molar-refractivity contribution in [3.63, 3.8) is 0 Å². The first kappa shape index (κ1) is 12.5. The van der Waals surface area contributed by atoms with Gasteiger partial charge in [0, 0.05) is 31.5 Å². The van der Waals surface area contributed by atoms with Gasteiger partial charge in [0.15, 0.2) is 0 Å². The van der Waals surface area contributed by atoms with E-state index in [0.717, 1.165) is 18.2 Å². The Morgan fingerprint density at radius 1 is 1.13 bits per heavy atom. The van der Waals surface area contributed by atoms with Gasteiger partial charge in [0.1, 0.15) is 0 Å². The fraction of sp³-hybridized carbons (Fsp3) is 0.800. The Kier molecular flexibility index (Phi) is 5.08. The Balaban J connectivity index is 2.49. The van der Waals surface area contributed by atoms with Crippen molar-refractivity contribution in [3.8, 4) is 0 Å². The highest BCUT2D eigenvalue weighted by molar-refractivity contribution is 9.09. The Labute approximate surface area is 98.7 Å². The third-order valence-corrected chi connectivity index (χ3v) is 3.01. The second-order valence-corrected chi connectivity index (χ2v) is 4.42. The first-order valence-electron chi connectivity index (χ1n) is 5.34. The maximum Gasteiger partial charge on any atom is 0.312 e. The Hall–Kier alpha value is -0.580. The number of alkyl halides is 1. The zero-order chi connectivity index (χ0) is 11.3. The molecule has 0 saturated carbocycles. The largest absolute Gasteiger partial charge is 0.333 e. The summed E-state index contributed by atoms with van der Waals surface area (Å²) in [5.74, 6) is -0.673. The minimum atomic E-state index is -0.337. The van der Waals surface area contributed by atoms with E-state index in [-0.39, 0.29) is 11.8 Å². The second-order valence-electron chi connectivity index (χ2n) is 3.63. The van der Waals surface area contributed by atoms with Gasteiger partial charge in [0.2, 0.25) is 0 Å². The number of hydrogen-bond donors (Lipinski definition) is 0. The maximum atomic E-state index is 11.6. The molecule has 0 bridgehead atoms. The van der Waals surface area contributed by atoms with Gasteiger partial charge in [-0.05, 0) is 12.8 Å². The second kappa shape index (κ2) is 6.10. The minimum Gasteiger partial charge on any atom is -0.333 e. The molecule has 1 heterocycles. The molecule has 0 spiro atoms. The van der Waals surface area contributed by atoms with E-state index in [4.69, 9.17) is 0 Å². The van der Waals surface area contributed by atoms with Gasteiger partial charge in [-0.25, -0.2) is 0 Å². The van der Waals surface area contributed by atoms with Crippen molar-refractivity contribution in [1.82, 2.24) is 9.80 Å². The molecule has 0 unspecified atom stereocenters. The van der Waals surface area contributed by atoms with Gasteiger partial charge in [0.05, 0.1) is 0 Å². The van der Waals surface area contributed by atoms with Crippen LogP contribution in [0, 0.1) is 0 Å². The summed E-state index contributed by atoms with van der Waals surface area (Å²) in [7, 11) is 0. The van der Waals surface area contributed by atoms with Gasteiger partial charge in [-0.3, -0.25) is 9.59 Å². The lowest BCUT2D eigenvalue weighted by Gasteiger charge is -2.33. The van der Waals surface area contributed by atoms with Gasteiger partial charge in [-0.15, -0.1) is 0 Å². The smallest absolute Gasteiger partial charge is 0.312 e. The van der Waals surface area contributed by atoms with E-state index in [2.05, 4.69) is 15.9 Å². The van der Waals surface area contributed by atoms with E-state index >= 15 is 0 Å². The highest BCUT2D eigenvalue weighted by Gasteiger charge is 2.31. The van der Waals surface area contributed by atoms with E-state index in [0.29, 0.717) is 26.2 Å². The summed E-state index contributed by atoms with van der Waals surface area (Å²) >= 11 is 3.31. The number of piperazine rings is 1. The summed E-state index contributed by atoms with van der Waals surface area (Å²) in [6.07, 6.45) is 1.80. The lowest BCUT2D eigenvalue weighted by Crippen LogP contribution is -2.54. The fourth-order valence-corrected chi connectivity index (χ4v) is 1.91. The third-order valence-electron chi connectivity index (χ3n) is 2.45. The fourth-order valence-electron chi connectivity index (χ4n) is 1.66. The van der Waals surface area contributed by atoms with E-state index < -0.39 is 0 Å². The van der Waals surface area contributed by atoms with Crippen LogP contribution < -0.4 is 0 Å². The van der Waals surface area contributed by atoms with Crippen LogP contribution in [-0.2, 0) is 9.59 Å². The summed E-state index contributed by atoms with van der Waals surface area (Å²) < 4.78 is 0. The zero-order valence-electron chi connectivity index (χ0n) is 9.04. The Bertz CT molecular complexity index is 246. The molecule has 1 saturated heterocycles. The van der Waals surface area contributed by atoms with E-state index in [1.165, 1.54) is 0 Å². The molecule has 0 N–H and O–H groups in total.